The molecule has 0 radical (unpaired) electrons. The van der Waals surface area contributed by atoms with E-state index in [0.29, 0.717) is 11.5 Å². The maximum absolute atomic E-state index is 6.06. The Labute approximate surface area is 141 Å². The minimum atomic E-state index is 0.300. The second-order valence-electron chi connectivity index (χ2n) is 6.86. The predicted molar refractivity (Wildman–Crippen MR) is 89.3 cm³/mol. The van der Waals surface area contributed by atoms with E-state index in [1.165, 1.54) is 5.56 Å². The Morgan fingerprint density at radius 2 is 2.04 bits per heavy atom. The number of hydrogen-bond acceptors (Lipinski definition) is 4. The molecule has 120 valence electrons. The van der Waals surface area contributed by atoms with Gasteiger partial charge in [0.2, 0.25) is 0 Å². The summed E-state index contributed by atoms with van der Waals surface area (Å²) in [4.78, 5) is 10.6. The fourth-order valence-corrected chi connectivity index (χ4v) is 4.07. The van der Waals surface area contributed by atoms with E-state index in [1.807, 2.05) is 24.5 Å². The second-order valence-corrected chi connectivity index (χ2v) is 7.30. The van der Waals surface area contributed by atoms with E-state index in [2.05, 4.69) is 27.0 Å². The molecule has 0 unspecified atom stereocenters. The highest BCUT2D eigenvalue weighted by atomic mass is 35.5. The first-order valence-electron chi connectivity index (χ1n) is 8.03. The van der Waals surface area contributed by atoms with Crippen LogP contribution in [0.1, 0.15) is 17.5 Å². The third kappa shape index (κ3) is 3.39. The molecule has 0 saturated carbocycles. The van der Waals surface area contributed by atoms with Gasteiger partial charge in [-0.25, -0.2) is 9.97 Å². The number of aromatic nitrogens is 2. The van der Waals surface area contributed by atoms with Crippen molar-refractivity contribution in [3.8, 4) is 0 Å². The zero-order chi connectivity index (χ0) is 15.7. The summed E-state index contributed by atoms with van der Waals surface area (Å²) in [5.74, 6) is 0. The molecule has 1 atom stereocenters. The maximum atomic E-state index is 6.06. The topological polar surface area (TPSA) is 38.2 Å². The predicted octanol–water partition coefficient (Wildman–Crippen LogP) is 2.96. The third-order valence-electron chi connectivity index (χ3n) is 4.78. The molecular formula is C18H20ClN3O. The van der Waals surface area contributed by atoms with Crippen molar-refractivity contribution in [2.75, 3.05) is 19.7 Å². The number of nitrogens with zero attached hydrogens (tertiary/aromatic N) is 3. The normalized spacial score (nSPS) is 23.1. The van der Waals surface area contributed by atoms with Gasteiger partial charge in [0.05, 0.1) is 12.7 Å². The first kappa shape index (κ1) is 15.1. The average molecular weight is 330 g/mol. The molecule has 1 spiro atoms. The van der Waals surface area contributed by atoms with Crippen molar-refractivity contribution in [2.24, 2.45) is 5.41 Å². The molecule has 2 aromatic rings. The number of halogens is 1. The van der Waals surface area contributed by atoms with E-state index in [0.717, 1.165) is 49.7 Å². The highest BCUT2D eigenvalue weighted by molar-refractivity contribution is 6.30. The van der Waals surface area contributed by atoms with E-state index in [4.69, 9.17) is 16.3 Å². The third-order valence-corrected chi connectivity index (χ3v) is 5.01. The molecule has 2 aliphatic rings. The molecule has 2 saturated heterocycles. The molecule has 1 aromatic heterocycles. The van der Waals surface area contributed by atoms with E-state index in [-0.39, 0.29) is 0 Å². The molecule has 4 rings (SSSR count). The Morgan fingerprint density at radius 1 is 1.22 bits per heavy atom. The van der Waals surface area contributed by atoms with Crippen molar-refractivity contribution >= 4 is 11.6 Å². The Kier molecular flexibility index (Phi) is 4.05. The van der Waals surface area contributed by atoms with Crippen LogP contribution in [0.15, 0.2) is 43.0 Å². The summed E-state index contributed by atoms with van der Waals surface area (Å²) in [5.41, 5.74) is 2.78. The molecule has 0 N–H and O–H groups in total. The molecule has 23 heavy (non-hydrogen) atoms. The summed E-state index contributed by atoms with van der Waals surface area (Å²) < 4.78 is 6.03. The first-order valence-corrected chi connectivity index (χ1v) is 8.41. The molecule has 2 fully saturated rings. The van der Waals surface area contributed by atoms with Crippen molar-refractivity contribution in [2.45, 2.75) is 25.5 Å². The van der Waals surface area contributed by atoms with Gasteiger partial charge in [0.1, 0.15) is 6.33 Å². The monoisotopic (exact) mass is 329 g/mol. The molecule has 0 bridgehead atoms. The molecule has 0 aliphatic carbocycles. The van der Waals surface area contributed by atoms with Crippen LogP contribution in [-0.2, 0) is 17.7 Å². The number of ether oxygens (including phenoxy) is 1. The van der Waals surface area contributed by atoms with Gasteiger partial charge >= 0.3 is 0 Å². The summed E-state index contributed by atoms with van der Waals surface area (Å²) in [6.07, 6.45) is 7.68. The van der Waals surface area contributed by atoms with E-state index >= 15 is 0 Å². The van der Waals surface area contributed by atoms with Gasteiger partial charge in [-0.3, -0.25) is 4.90 Å². The van der Waals surface area contributed by atoms with Crippen LogP contribution in [0.3, 0.4) is 0 Å². The molecule has 5 heteroatoms. The van der Waals surface area contributed by atoms with Crippen molar-refractivity contribution in [3.05, 3.63) is 59.1 Å². The summed E-state index contributed by atoms with van der Waals surface area (Å²) >= 11 is 6.06. The van der Waals surface area contributed by atoms with Gasteiger partial charge in [-0.1, -0.05) is 23.7 Å². The van der Waals surface area contributed by atoms with Gasteiger partial charge in [0.25, 0.3) is 0 Å². The van der Waals surface area contributed by atoms with Crippen LogP contribution in [0.2, 0.25) is 5.02 Å². The number of benzene rings is 1. The Morgan fingerprint density at radius 3 is 2.83 bits per heavy atom. The van der Waals surface area contributed by atoms with Gasteiger partial charge in [0.15, 0.2) is 0 Å². The molecule has 2 aliphatic heterocycles. The largest absolute Gasteiger partial charge is 0.377 e. The Bertz CT molecular complexity index is 673. The molecule has 0 amide bonds. The standard InChI is InChI=1S/C18H20ClN3O/c19-16-3-1-2-14(4-16)9-22-10-18(11-22)6-17(23-12-18)5-15-7-20-13-21-8-15/h1-4,7-8,13,17H,5-6,9-12H2/t17-/m0/s1. The van der Waals surface area contributed by atoms with Gasteiger partial charge < -0.3 is 4.74 Å². The average Bonchev–Trinajstić information content (AvgIpc) is 2.92. The quantitative estimate of drug-likeness (QED) is 0.864. The molecule has 3 heterocycles. The second kappa shape index (κ2) is 6.19. The lowest BCUT2D eigenvalue weighted by Gasteiger charge is -2.47. The van der Waals surface area contributed by atoms with Gasteiger partial charge in [-0.15, -0.1) is 0 Å². The van der Waals surface area contributed by atoms with Crippen LogP contribution < -0.4 is 0 Å². The van der Waals surface area contributed by atoms with Crippen molar-refractivity contribution in [1.82, 2.24) is 14.9 Å². The summed E-state index contributed by atoms with van der Waals surface area (Å²) in [7, 11) is 0. The number of hydrogen-bond donors (Lipinski definition) is 0. The zero-order valence-corrected chi connectivity index (χ0v) is 13.7. The van der Waals surface area contributed by atoms with Crippen LogP contribution >= 0.6 is 11.6 Å². The fourth-order valence-electron chi connectivity index (χ4n) is 3.85. The van der Waals surface area contributed by atoms with Crippen LogP contribution in [-0.4, -0.2) is 40.7 Å². The van der Waals surface area contributed by atoms with Crippen LogP contribution in [0.4, 0.5) is 0 Å². The summed E-state index contributed by atoms with van der Waals surface area (Å²) in [5, 5.41) is 0.812. The lowest BCUT2D eigenvalue weighted by Crippen LogP contribution is -2.56. The van der Waals surface area contributed by atoms with Crippen LogP contribution in [0.25, 0.3) is 0 Å². The van der Waals surface area contributed by atoms with Crippen LogP contribution in [0, 0.1) is 5.41 Å². The van der Waals surface area contributed by atoms with Crippen molar-refractivity contribution in [1.29, 1.82) is 0 Å². The molecular weight excluding hydrogens is 310 g/mol. The fraction of sp³-hybridized carbons (Fsp3) is 0.444. The minimum absolute atomic E-state index is 0.300. The minimum Gasteiger partial charge on any atom is -0.377 e. The molecule has 1 aromatic carbocycles. The Hall–Kier alpha value is -1.49. The van der Waals surface area contributed by atoms with E-state index in [1.54, 1.807) is 6.33 Å². The maximum Gasteiger partial charge on any atom is 0.115 e. The lowest BCUT2D eigenvalue weighted by molar-refractivity contribution is -0.0140. The highest BCUT2D eigenvalue weighted by Crippen LogP contribution is 2.42. The number of rotatable bonds is 4. The smallest absolute Gasteiger partial charge is 0.115 e. The zero-order valence-electron chi connectivity index (χ0n) is 13.0. The van der Waals surface area contributed by atoms with Crippen LogP contribution in [0.5, 0.6) is 0 Å². The van der Waals surface area contributed by atoms with Crippen molar-refractivity contribution in [3.63, 3.8) is 0 Å². The van der Waals surface area contributed by atoms with E-state index < -0.39 is 0 Å². The Balaban J connectivity index is 1.29. The van der Waals surface area contributed by atoms with E-state index in [9.17, 15) is 0 Å². The first-order chi connectivity index (χ1) is 11.2. The summed E-state index contributed by atoms with van der Waals surface area (Å²) in [6.45, 7) is 4.07. The number of likely N-dealkylation sites (tertiary alicyclic amines) is 1. The SMILES string of the molecule is Clc1cccc(CN2CC3(CO[C@@H](Cc4cncnc4)C3)C2)c1. The van der Waals surface area contributed by atoms with Gasteiger partial charge in [0, 0.05) is 48.9 Å². The lowest BCUT2D eigenvalue weighted by atomic mass is 9.77. The molecule has 4 nitrogen and oxygen atoms in total. The summed E-state index contributed by atoms with van der Waals surface area (Å²) in [6, 6.07) is 8.13. The van der Waals surface area contributed by atoms with Gasteiger partial charge in [-0.2, -0.15) is 0 Å². The van der Waals surface area contributed by atoms with Gasteiger partial charge in [-0.05, 0) is 29.7 Å². The van der Waals surface area contributed by atoms with Crippen molar-refractivity contribution < 1.29 is 4.74 Å². The highest BCUT2D eigenvalue weighted by Gasteiger charge is 2.48.